The molecule has 1 saturated heterocycles. The number of hydrogen-bond acceptors (Lipinski definition) is 2. The summed E-state index contributed by atoms with van der Waals surface area (Å²) in [6, 6.07) is 7.21. The van der Waals surface area contributed by atoms with Crippen LogP contribution < -0.4 is 5.73 Å². The number of alkyl halides is 1. The van der Waals surface area contributed by atoms with Crippen molar-refractivity contribution in [2.45, 2.75) is 19.0 Å². The molecule has 0 amide bonds. The zero-order chi connectivity index (χ0) is 11.5. The molecule has 1 unspecified atom stereocenters. The van der Waals surface area contributed by atoms with Crippen molar-refractivity contribution in [3.8, 4) is 0 Å². The third-order valence-corrected chi connectivity index (χ3v) is 3.41. The van der Waals surface area contributed by atoms with Crippen LogP contribution >= 0.6 is 0 Å². The van der Waals surface area contributed by atoms with Crippen molar-refractivity contribution in [3.05, 3.63) is 29.8 Å². The molecule has 0 bridgehead atoms. The topological polar surface area (TPSA) is 29.3 Å². The van der Waals surface area contributed by atoms with Crippen LogP contribution in [0.25, 0.3) is 0 Å². The minimum atomic E-state index is -0.864. The molecule has 0 radical (unpaired) electrons. The summed E-state index contributed by atoms with van der Waals surface area (Å²) in [5.74, 6) is 0.151. The van der Waals surface area contributed by atoms with E-state index in [1.54, 1.807) is 12.1 Å². The minimum Gasteiger partial charge on any atom is -0.399 e. The molecule has 1 atom stereocenters. The van der Waals surface area contributed by atoms with Crippen molar-refractivity contribution in [3.63, 3.8) is 0 Å². The molecule has 16 heavy (non-hydrogen) atoms. The first-order valence-electron chi connectivity index (χ1n) is 5.85. The Hall–Kier alpha value is -1.09. The second kappa shape index (κ2) is 4.83. The van der Waals surface area contributed by atoms with Gasteiger partial charge in [0, 0.05) is 5.69 Å². The molecule has 1 fully saturated rings. The van der Waals surface area contributed by atoms with Gasteiger partial charge in [0.1, 0.15) is 6.17 Å². The predicted octanol–water partition coefficient (Wildman–Crippen LogP) is 2.62. The quantitative estimate of drug-likeness (QED) is 0.779. The minimum absolute atomic E-state index is 0.151. The Morgan fingerprint density at radius 2 is 2.06 bits per heavy atom. The normalized spacial score (nSPS) is 20.9. The molecule has 0 saturated carbocycles. The number of nitrogens with zero attached hydrogens (tertiary/aromatic N) is 1. The van der Waals surface area contributed by atoms with Gasteiger partial charge in [0.05, 0.1) is 0 Å². The van der Waals surface area contributed by atoms with Crippen molar-refractivity contribution in [1.29, 1.82) is 0 Å². The number of nitrogens with two attached hydrogens (primary N) is 1. The van der Waals surface area contributed by atoms with Gasteiger partial charge in [0.25, 0.3) is 0 Å². The fourth-order valence-corrected chi connectivity index (χ4v) is 2.32. The molecule has 0 aromatic heterocycles. The molecule has 88 valence electrons. The largest absolute Gasteiger partial charge is 0.399 e. The molecule has 0 spiro atoms. The van der Waals surface area contributed by atoms with Crippen molar-refractivity contribution in [1.82, 2.24) is 4.90 Å². The van der Waals surface area contributed by atoms with Crippen LogP contribution in [0.1, 0.15) is 24.6 Å². The van der Waals surface area contributed by atoms with E-state index in [0.717, 1.165) is 31.5 Å². The maximum Gasteiger partial charge on any atom is 0.128 e. The third kappa shape index (κ3) is 2.53. The number of piperidine rings is 1. The Bertz CT molecular complexity index is 346. The Balaban J connectivity index is 2.04. The highest BCUT2D eigenvalue weighted by molar-refractivity contribution is 5.41. The first kappa shape index (κ1) is 11.4. The summed E-state index contributed by atoms with van der Waals surface area (Å²) in [5, 5.41) is 0. The van der Waals surface area contributed by atoms with Gasteiger partial charge in [-0.25, -0.2) is 4.39 Å². The second-order valence-corrected chi connectivity index (χ2v) is 4.71. The Morgan fingerprint density at radius 1 is 1.38 bits per heavy atom. The summed E-state index contributed by atoms with van der Waals surface area (Å²) in [6.07, 6.45) is 1.01. The van der Waals surface area contributed by atoms with E-state index in [0.29, 0.717) is 5.69 Å². The lowest BCUT2D eigenvalue weighted by molar-refractivity contribution is 0.137. The van der Waals surface area contributed by atoms with Gasteiger partial charge in [-0.05, 0) is 56.6 Å². The van der Waals surface area contributed by atoms with Gasteiger partial charge < -0.3 is 10.6 Å². The first-order chi connectivity index (χ1) is 7.66. The lowest BCUT2D eigenvalue weighted by Gasteiger charge is -2.31. The van der Waals surface area contributed by atoms with Gasteiger partial charge in [-0.15, -0.1) is 0 Å². The molecule has 2 N–H and O–H groups in total. The molecule has 2 rings (SSSR count). The van der Waals surface area contributed by atoms with E-state index in [9.17, 15) is 4.39 Å². The van der Waals surface area contributed by atoms with Gasteiger partial charge in [-0.2, -0.15) is 0 Å². The molecule has 1 heterocycles. The molecule has 3 heteroatoms. The van der Waals surface area contributed by atoms with E-state index < -0.39 is 6.17 Å². The molecule has 1 aromatic rings. The molecule has 1 aliphatic rings. The summed E-state index contributed by atoms with van der Waals surface area (Å²) in [5.41, 5.74) is 7.05. The van der Waals surface area contributed by atoms with Crippen LogP contribution in [0, 0.1) is 5.92 Å². The number of halogens is 1. The van der Waals surface area contributed by atoms with E-state index in [-0.39, 0.29) is 5.92 Å². The molecule has 1 aliphatic heterocycles. The van der Waals surface area contributed by atoms with Gasteiger partial charge in [0.15, 0.2) is 0 Å². The monoisotopic (exact) mass is 222 g/mol. The fourth-order valence-electron chi connectivity index (χ4n) is 2.32. The van der Waals surface area contributed by atoms with Crippen LogP contribution in [0.3, 0.4) is 0 Å². The van der Waals surface area contributed by atoms with E-state index in [4.69, 9.17) is 5.73 Å². The van der Waals surface area contributed by atoms with Crippen LogP contribution in [-0.2, 0) is 0 Å². The number of nitrogen functional groups attached to an aromatic ring is 1. The third-order valence-electron chi connectivity index (χ3n) is 3.41. The summed E-state index contributed by atoms with van der Waals surface area (Å²) in [4.78, 5) is 2.25. The number of rotatable bonds is 2. The lowest BCUT2D eigenvalue weighted by Crippen LogP contribution is -2.31. The number of benzene rings is 1. The van der Waals surface area contributed by atoms with Crippen molar-refractivity contribution < 1.29 is 4.39 Å². The Kier molecular flexibility index (Phi) is 3.44. The number of likely N-dealkylation sites (tertiary alicyclic amines) is 1. The van der Waals surface area contributed by atoms with Gasteiger partial charge in [-0.3, -0.25) is 0 Å². The van der Waals surface area contributed by atoms with Crippen LogP contribution in [-0.4, -0.2) is 25.0 Å². The Morgan fingerprint density at radius 3 is 2.69 bits per heavy atom. The average molecular weight is 222 g/mol. The van der Waals surface area contributed by atoms with E-state index in [2.05, 4.69) is 11.9 Å². The predicted molar refractivity (Wildman–Crippen MR) is 64.9 cm³/mol. The number of anilines is 1. The van der Waals surface area contributed by atoms with E-state index in [1.807, 2.05) is 12.1 Å². The zero-order valence-corrected chi connectivity index (χ0v) is 9.70. The summed E-state index contributed by atoms with van der Waals surface area (Å²) < 4.78 is 14.3. The smallest absolute Gasteiger partial charge is 0.128 e. The van der Waals surface area contributed by atoms with Gasteiger partial charge in [0.2, 0.25) is 0 Å². The molecule has 1 aromatic carbocycles. The standard InChI is InChI=1S/C13H19FN2/c1-16-7-5-10(6-8-16)13(14)11-3-2-4-12(15)9-11/h2-4,9-10,13H,5-8,15H2,1H3. The van der Waals surface area contributed by atoms with Crippen molar-refractivity contribution in [2.24, 2.45) is 5.92 Å². The first-order valence-corrected chi connectivity index (χ1v) is 5.85. The molecule has 2 nitrogen and oxygen atoms in total. The zero-order valence-electron chi connectivity index (χ0n) is 9.70. The van der Waals surface area contributed by atoms with Gasteiger partial charge in [-0.1, -0.05) is 12.1 Å². The highest BCUT2D eigenvalue weighted by Gasteiger charge is 2.26. The maximum atomic E-state index is 14.3. The highest BCUT2D eigenvalue weighted by Crippen LogP contribution is 2.33. The molecular weight excluding hydrogens is 203 g/mol. The summed E-state index contributed by atoms with van der Waals surface area (Å²) in [6.45, 7) is 1.99. The van der Waals surface area contributed by atoms with E-state index in [1.165, 1.54) is 0 Å². The lowest BCUT2D eigenvalue weighted by atomic mass is 9.88. The SMILES string of the molecule is CN1CCC(C(F)c2cccc(N)c2)CC1. The molecular formula is C13H19FN2. The average Bonchev–Trinajstić information content (AvgIpc) is 2.29. The Labute approximate surface area is 96.2 Å². The van der Waals surface area contributed by atoms with E-state index >= 15 is 0 Å². The van der Waals surface area contributed by atoms with Crippen molar-refractivity contribution >= 4 is 5.69 Å². The summed E-state index contributed by atoms with van der Waals surface area (Å²) in [7, 11) is 2.09. The van der Waals surface area contributed by atoms with Gasteiger partial charge >= 0.3 is 0 Å². The van der Waals surface area contributed by atoms with Crippen LogP contribution in [0.4, 0.5) is 10.1 Å². The maximum absolute atomic E-state index is 14.3. The van der Waals surface area contributed by atoms with Crippen LogP contribution in [0.15, 0.2) is 24.3 Å². The highest BCUT2D eigenvalue weighted by atomic mass is 19.1. The second-order valence-electron chi connectivity index (χ2n) is 4.71. The molecule has 0 aliphatic carbocycles. The fraction of sp³-hybridized carbons (Fsp3) is 0.538. The van der Waals surface area contributed by atoms with Crippen molar-refractivity contribution in [2.75, 3.05) is 25.9 Å². The summed E-state index contributed by atoms with van der Waals surface area (Å²) >= 11 is 0. The van der Waals surface area contributed by atoms with Crippen LogP contribution in [0.5, 0.6) is 0 Å². The van der Waals surface area contributed by atoms with Crippen LogP contribution in [0.2, 0.25) is 0 Å². The number of hydrogen-bond donors (Lipinski definition) is 1.